The van der Waals surface area contributed by atoms with Gasteiger partial charge in [-0.2, -0.15) is 13.2 Å². The van der Waals surface area contributed by atoms with Crippen LogP contribution in [0.15, 0.2) is 72.8 Å². The van der Waals surface area contributed by atoms with E-state index in [0.29, 0.717) is 17.8 Å². The van der Waals surface area contributed by atoms with Crippen LogP contribution in [0.1, 0.15) is 54.4 Å². The highest BCUT2D eigenvalue weighted by molar-refractivity contribution is 5.66. The summed E-state index contributed by atoms with van der Waals surface area (Å²) >= 11 is 0. The van der Waals surface area contributed by atoms with Gasteiger partial charge in [0.05, 0.1) is 5.56 Å². The summed E-state index contributed by atoms with van der Waals surface area (Å²) in [6.45, 7) is 6.56. The van der Waals surface area contributed by atoms with Crippen molar-refractivity contribution < 1.29 is 13.2 Å². The minimum atomic E-state index is -4.30. The van der Waals surface area contributed by atoms with Gasteiger partial charge in [0, 0.05) is 6.54 Å². The molecule has 0 amide bonds. The van der Waals surface area contributed by atoms with Gasteiger partial charge in [0.2, 0.25) is 0 Å². The van der Waals surface area contributed by atoms with Gasteiger partial charge in [-0.05, 0) is 77.7 Å². The van der Waals surface area contributed by atoms with Crippen molar-refractivity contribution in [1.82, 2.24) is 4.90 Å². The number of alkyl halides is 3. The third-order valence-corrected chi connectivity index (χ3v) is 7.06. The first-order valence-corrected chi connectivity index (χ1v) is 11.3. The van der Waals surface area contributed by atoms with Crippen LogP contribution in [0, 0.1) is 5.92 Å². The van der Waals surface area contributed by atoms with Crippen LogP contribution in [-0.2, 0) is 12.7 Å². The topological polar surface area (TPSA) is 3.24 Å². The van der Waals surface area contributed by atoms with E-state index in [1.54, 1.807) is 12.1 Å². The van der Waals surface area contributed by atoms with E-state index in [0.717, 1.165) is 30.6 Å². The van der Waals surface area contributed by atoms with E-state index in [4.69, 9.17) is 0 Å². The first-order chi connectivity index (χ1) is 15.2. The molecule has 0 saturated heterocycles. The number of nitrogens with zero attached hydrogens (tertiary/aromatic N) is 1. The van der Waals surface area contributed by atoms with Crippen LogP contribution in [0.4, 0.5) is 13.2 Å². The maximum Gasteiger partial charge on any atom is 0.416 e. The van der Waals surface area contributed by atoms with Gasteiger partial charge in [-0.25, -0.2) is 0 Å². The summed E-state index contributed by atoms with van der Waals surface area (Å²) in [7, 11) is 2.17. The van der Waals surface area contributed by atoms with Gasteiger partial charge >= 0.3 is 6.18 Å². The van der Waals surface area contributed by atoms with Crippen molar-refractivity contribution in [2.45, 2.75) is 44.8 Å². The number of hydrogen-bond acceptors (Lipinski definition) is 1. The standard InChI is InChI=1S/C28H30F3N/c1-19-20(2)27-17-23(22-9-12-24(13-10-22)28(29,30)31)11-14-26(27)25(19)15-16-32(3)18-21-7-5-4-6-8-21/h4-14,17,19-20,25H,15-16,18H2,1-3H3. The van der Waals surface area contributed by atoms with Gasteiger partial charge in [0.1, 0.15) is 0 Å². The molecule has 0 spiro atoms. The molecule has 32 heavy (non-hydrogen) atoms. The van der Waals surface area contributed by atoms with Crippen LogP contribution in [0.5, 0.6) is 0 Å². The molecule has 0 saturated carbocycles. The molecule has 0 N–H and O–H groups in total. The molecule has 0 heterocycles. The monoisotopic (exact) mass is 437 g/mol. The number of rotatable bonds is 6. The lowest BCUT2D eigenvalue weighted by Gasteiger charge is -2.23. The summed E-state index contributed by atoms with van der Waals surface area (Å²) in [5, 5.41) is 0. The van der Waals surface area contributed by atoms with Gasteiger partial charge in [-0.15, -0.1) is 0 Å². The number of fused-ring (bicyclic) bond motifs is 1. The Morgan fingerprint density at radius 2 is 1.47 bits per heavy atom. The molecular weight excluding hydrogens is 407 g/mol. The number of halogens is 3. The molecule has 0 bridgehead atoms. The molecule has 1 aliphatic rings. The summed E-state index contributed by atoms with van der Waals surface area (Å²) in [4.78, 5) is 2.38. The smallest absolute Gasteiger partial charge is 0.302 e. The van der Waals surface area contributed by atoms with Crippen molar-refractivity contribution in [2.75, 3.05) is 13.6 Å². The van der Waals surface area contributed by atoms with Crippen LogP contribution in [-0.4, -0.2) is 18.5 Å². The fraction of sp³-hybridized carbons (Fsp3) is 0.357. The Morgan fingerprint density at radius 1 is 0.812 bits per heavy atom. The van der Waals surface area contributed by atoms with Gasteiger partial charge in [0.15, 0.2) is 0 Å². The molecule has 4 heteroatoms. The van der Waals surface area contributed by atoms with Crippen LogP contribution < -0.4 is 0 Å². The summed E-state index contributed by atoms with van der Waals surface area (Å²) in [5.41, 5.74) is 5.26. The van der Waals surface area contributed by atoms with E-state index in [9.17, 15) is 13.2 Å². The summed E-state index contributed by atoms with van der Waals surface area (Å²) in [6.07, 6.45) is -3.21. The van der Waals surface area contributed by atoms with E-state index < -0.39 is 11.7 Å². The van der Waals surface area contributed by atoms with Gasteiger partial charge < -0.3 is 4.90 Å². The van der Waals surface area contributed by atoms with Crippen molar-refractivity contribution in [3.05, 3.63) is 95.1 Å². The molecule has 4 rings (SSSR count). The molecule has 3 aromatic rings. The van der Waals surface area contributed by atoms with Gasteiger partial charge in [-0.3, -0.25) is 0 Å². The third-order valence-electron chi connectivity index (χ3n) is 7.06. The fourth-order valence-electron chi connectivity index (χ4n) is 5.00. The van der Waals surface area contributed by atoms with Crippen LogP contribution in [0.25, 0.3) is 11.1 Å². The lowest BCUT2D eigenvalue weighted by molar-refractivity contribution is -0.137. The zero-order valence-corrected chi connectivity index (χ0v) is 18.9. The second-order valence-corrected chi connectivity index (χ2v) is 9.19. The average molecular weight is 438 g/mol. The molecule has 1 aliphatic carbocycles. The summed E-state index contributed by atoms with van der Waals surface area (Å²) in [5.74, 6) is 1.47. The SMILES string of the molecule is CC1c2cc(-c3ccc(C(F)(F)F)cc3)ccc2C(CCN(C)Cc2ccccc2)C1C. The molecule has 0 aromatic heterocycles. The third kappa shape index (κ3) is 4.75. The molecule has 3 aromatic carbocycles. The molecular formula is C28H30F3N. The quantitative estimate of drug-likeness (QED) is 0.381. The van der Waals surface area contributed by atoms with Crippen molar-refractivity contribution in [3.8, 4) is 11.1 Å². The lowest BCUT2D eigenvalue weighted by atomic mass is 9.87. The predicted molar refractivity (Wildman–Crippen MR) is 125 cm³/mol. The molecule has 0 fully saturated rings. The first kappa shape index (κ1) is 22.6. The Bertz CT molecular complexity index is 1040. The van der Waals surface area contributed by atoms with Crippen LogP contribution in [0.3, 0.4) is 0 Å². The Morgan fingerprint density at radius 3 is 2.12 bits per heavy atom. The zero-order chi connectivity index (χ0) is 22.9. The second-order valence-electron chi connectivity index (χ2n) is 9.19. The Balaban J connectivity index is 1.48. The molecule has 3 unspecified atom stereocenters. The predicted octanol–water partition coefficient (Wildman–Crippen LogP) is 7.73. The number of hydrogen-bond donors (Lipinski definition) is 0. The fourth-order valence-corrected chi connectivity index (χ4v) is 5.00. The maximum atomic E-state index is 12.9. The van der Waals surface area contributed by atoms with Crippen molar-refractivity contribution in [3.63, 3.8) is 0 Å². The highest BCUT2D eigenvalue weighted by Gasteiger charge is 2.35. The van der Waals surface area contributed by atoms with Crippen molar-refractivity contribution in [2.24, 2.45) is 5.92 Å². The largest absolute Gasteiger partial charge is 0.416 e. The Hall–Kier alpha value is -2.59. The lowest BCUT2D eigenvalue weighted by Crippen LogP contribution is -2.22. The normalized spacial score (nSPS) is 20.5. The zero-order valence-electron chi connectivity index (χ0n) is 18.9. The van der Waals surface area contributed by atoms with Crippen molar-refractivity contribution in [1.29, 1.82) is 0 Å². The maximum absolute atomic E-state index is 12.9. The minimum Gasteiger partial charge on any atom is -0.302 e. The minimum absolute atomic E-state index is 0.434. The number of benzene rings is 3. The van der Waals surface area contributed by atoms with E-state index in [-0.39, 0.29) is 0 Å². The van der Waals surface area contributed by atoms with E-state index >= 15 is 0 Å². The highest BCUT2D eigenvalue weighted by atomic mass is 19.4. The Labute approximate surface area is 188 Å². The second kappa shape index (κ2) is 9.11. The van der Waals surface area contributed by atoms with E-state index in [2.05, 4.69) is 68.3 Å². The van der Waals surface area contributed by atoms with Crippen LogP contribution in [0.2, 0.25) is 0 Å². The van der Waals surface area contributed by atoms with E-state index in [1.165, 1.54) is 28.8 Å². The van der Waals surface area contributed by atoms with Gasteiger partial charge in [0.25, 0.3) is 0 Å². The molecule has 3 atom stereocenters. The summed E-state index contributed by atoms with van der Waals surface area (Å²) < 4.78 is 38.7. The molecule has 168 valence electrons. The summed E-state index contributed by atoms with van der Waals surface area (Å²) in [6, 6.07) is 22.4. The molecule has 1 nitrogen and oxygen atoms in total. The van der Waals surface area contributed by atoms with Crippen molar-refractivity contribution >= 4 is 0 Å². The highest BCUT2D eigenvalue weighted by Crippen LogP contribution is 2.48. The van der Waals surface area contributed by atoms with E-state index in [1.807, 2.05) is 6.07 Å². The first-order valence-electron chi connectivity index (χ1n) is 11.3. The molecule has 0 radical (unpaired) electrons. The van der Waals surface area contributed by atoms with Crippen LogP contribution >= 0.6 is 0 Å². The molecule has 0 aliphatic heterocycles. The Kier molecular flexibility index (Phi) is 6.43. The van der Waals surface area contributed by atoms with Gasteiger partial charge in [-0.1, -0.05) is 74.5 Å². The average Bonchev–Trinajstić information content (AvgIpc) is 3.02.